The largest absolute Gasteiger partial charge is 0.550 e. The van der Waals surface area contributed by atoms with Gasteiger partial charge in [-0.2, -0.15) is 0 Å². The quantitative estimate of drug-likeness (QED) is 0.129. The molecule has 4 nitrogen and oxygen atoms in total. The zero-order valence-corrected chi connectivity index (χ0v) is 23.3. The molecule has 1 N–H and O–H groups in total. The number of aliphatic hydroxyl groups excluding tert-OH is 1. The average molecular weight is 472 g/mol. The standard InChI is InChI=1S/C24H52N.C5H10O3/c1-5-9-13-17-21-25(22-18-14-10-6-2,23-19-15-11-7-3)24-20-16-12-8-4;1-4(6)2-3-5(7)8/h5-24H2,1-4H3;4,6H,2-3H2,1H3,(H,7,8)/q+1;/p-1. The fraction of sp³-hybridized carbons (Fsp3) is 0.966. The first-order valence-corrected chi connectivity index (χ1v) is 14.6. The summed E-state index contributed by atoms with van der Waals surface area (Å²) in [6, 6.07) is 0. The minimum atomic E-state index is -1.11. The average Bonchev–Trinajstić information content (AvgIpc) is 2.79. The van der Waals surface area contributed by atoms with E-state index in [4.69, 9.17) is 5.11 Å². The Hall–Kier alpha value is -0.610. The maximum atomic E-state index is 9.68. The molecule has 0 aromatic rings. The monoisotopic (exact) mass is 471 g/mol. The third kappa shape index (κ3) is 25.8. The highest BCUT2D eigenvalue weighted by Crippen LogP contribution is 2.19. The zero-order chi connectivity index (χ0) is 25.2. The maximum absolute atomic E-state index is 9.68. The van der Waals surface area contributed by atoms with Crippen LogP contribution in [0.5, 0.6) is 0 Å². The molecule has 0 aromatic carbocycles. The summed E-state index contributed by atoms with van der Waals surface area (Å²) in [6.07, 6.45) is 22.5. The van der Waals surface area contributed by atoms with E-state index in [1.54, 1.807) is 6.92 Å². The minimum Gasteiger partial charge on any atom is -0.550 e. The SMILES string of the molecule is CC(O)CCC(=O)[O-].CCCCCC[N+](CCCCCC)(CCCCCC)CCCCCC. The van der Waals surface area contributed by atoms with Gasteiger partial charge in [-0.25, -0.2) is 0 Å². The Morgan fingerprint density at radius 1 is 0.636 bits per heavy atom. The molecule has 0 rings (SSSR count). The van der Waals surface area contributed by atoms with Gasteiger partial charge in [-0.1, -0.05) is 79.1 Å². The van der Waals surface area contributed by atoms with Gasteiger partial charge in [-0.15, -0.1) is 0 Å². The normalized spacial score (nSPS) is 12.3. The molecule has 0 aliphatic rings. The van der Waals surface area contributed by atoms with Crippen molar-refractivity contribution in [3.05, 3.63) is 0 Å². The van der Waals surface area contributed by atoms with Crippen LogP contribution >= 0.6 is 0 Å². The van der Waals surface area contributed by atoms with Crippen molar-refractivity contribution >= 4 is 5.97 Å². The van der Waals surface area contributed by atoms with Crippen molar-refractivity contribution in [2.24, 2.45) is 0 Å². The van der Waals surface area contributed by atoms with E-state index in [1.165, 1.54) is 133 Å². The predicted molar refractivity (Wildman–Crippen MR) is 142 cm³/mol. The molecule has 1 atom stereocenters. The van der Waals surface area contributed by atoms with Gasteiger partial charge in [0.25, 0.3) is 0 Å². The smallest absolute Gasteiger partial charge is 0.0786 e. The van der Waals surface area contributed by atoms with Crippen LogP contribution in [0.25, 0.3) is 0 Å². The van der Waals surface area contributed by atoms with Crippen molar-refractivity contribution in [3.63, 3.8) is 0 Å². The van der Waals surface area contributed by atoms with E-state index in [9.17, 15) is 9.90 Å². The third-order valence-corrected chi connectivity index (χ3v) is 6.71. The van der Waals surface area contributed by atoms with Gasteiger partial charge < -0.3 is 19.5 Å². The van der Waals surface area contributed by atoms with E-state index in [1.807, 2.05) is 0 Å². The first-order chi connectivity index (χ1) is 15.9. The summed E-state index contributed by atoms with van der Waals surface area (Å²) in [6.45, 7) is 16.7. The van der Waals surface area contributed by atoms with Crippen LogP contribution in [0, 0.1) is 0 Å². The van der Waals surface area contributed by atoms with Gasteiger partial charge in [0.1, 0.15) is 0 Å². The molecule has 0 saturated carbocycles. The molecular formula is C29H61NO3. The highest BCUT2D eigenvalue weighted by atomic mass is 16.4. The molecule has 0 radical (unpaired) electrons. The topological polar surface area (TPSA) is 60.4 Å². The number of hydrogen-bond acceptors (Lipinski definition) is 3. The molecule has 0 aliphatic carbocycles. The molecule has 0 aromatic heterocycles. The number of quaternary nitrogens is 1. The molecule has 0 heterocycles. The molecule has 0 aliphatic heterocycles. The van der Waals surface area contributed by atoms with Gasteiger partial charge in [-0.05, 0) is 71.1 Å². The lowest BCUT2D eigenvalue weighted by Crippen LogP contribution is -2.50. The van der Waals surface area contributed by atoms with Gasteiger partial charge in [-0.3, -0.25) is 0 Å². The predicted octanol–water partition coefficient (Wildman–Crippen LogP) is 7.02. The number of hydrogen-bond donors (Lipinski definition) is 1. The van der Waals surface area contributed by atoms with Crippen molar-refractivity contribution in [3.8, 4) is 0 Å². The fourth-order valence-corrected chi connectivity index (χ4v) is 4.49. The number of nitrogens with zero attached hydrogens (tertiary/aromatic N) is 1. The van der Waals surface area contributed by atoms with Crippen LogP contribution in [0.15, 0.2) is 0 Å². The fourth-order valence-electron chi connectivity index (χ4n) is 4.49. The number of unbranched alkanes of at least 4 members (excludes halogenated alkanes) is 12. The van der Waals surface area contributed by atoms with Crippen molar-refractivity contribution < 1.29 is 19.5 Å². The van der Waals surface area contributed by atoms with Crippen LogP contribution in [0.4, 0.5) is 0 Å². The van der Waals surface area contributed by atoms with Crippen LogP contribution in [-0.2, 0) is 4.79 Å². The first kappa shape index (κ1) is 34.6. The number of carboxylic acids is 1. The summed E-state index contributed by atoms with van der Waals surface area (Å²) in [4.78, 5) is 9.68. The van der Waals surface area contributed by atoms with Gasteiger partial charge in [0.05, 0.1) is 32.3 Å². The number of carboxylic acid groups (broad SMARTS) is 1. The highest BCUT2D eigenvalue weighted by Gasteiger charge is 2.25. The molecule has 33 heavy (non-hydrogen) atoms. The molecule has 0 saturated heterocycles. The Bertz CT molecular complexity index is 345. The van der Waals surface area contributed by atoms with Crippen molar-refractivity contribution in [1.29, 1.82) is 0 Å². The van der Waals surface area contributed by atoms with E-state index < -0.39 is 12.1 Å². The van der Waals surface area contributed by atoms with E-state index in [0.717, 1.165) is 0 Å². The summed E-state index contributed by atoms with van der Waals surface area (Å²) >= 11 is 0. The van der Waals surface area contributed by atoms with Crippen molar-refractivity contribution in [2.75, 3.05) is 26.2 Å². The van der Waals surface area contributed by atoms with E-state index in [-0.39, 0.29) is 12.8 Å². The number of carbonyl (C=O) groups excluding carboxylic acids is 1. The molecule has 1 unspecified atom stereocenters. The number of rotatable bonds is 23. The molecule has 0 amide bonds. The molecule has 0 bridgehead atoms. The van der Waals surface area contributed by atoms with Crippen molar-refractivity contribution in [1.82, 2.24) is 0 Å². The van der Waals surface area contributed by atoms with Crippen LogP contribution < -0.4 is 5.11 Å². The lowest BCUT2D eigenvalue weighted by molar-refractivity contribution is -0.929. The Morgan fingerprint density at radius 3 is 1.12 bits per heavy atom. The second kappa shape index (κ2) is 26.0. The summed E-state index contributed by atoms with van der Waals surface area (Å²) in [7, 11) is 0. The number of aliphatic carboxylic acids is 1. The van der Waals surface area contributed by atoms with E-state index in [2.05, 4.69) is 27.7 Å². The van der Waals surface area contributed by atoms with Crippen LogP contribution in [0.2, 0.25) is 0 Å². The molecule has 0 spiro atoms. The van der Waals surface area contributed by atoms with Gasteiger partial charge in [0.2, 0.25) is 0 Å². The number of carbonyl (C=O) groups is 1. The Balaban J connectivity index is 0. The highest BCUT2D eigenvalue weighted by molar-refractivity contribution is 5.64. The summed E-state index contributed by atoms with van der Waals surface area (Å²) in [5, 5.41) is 18.2. The number of aliphatic hydroxyl groups is 1. The molecule has 200 valence electrons. The maximum Gasteiger partial charge on any atom is 0.0786 e. The summed E-state index contributed by atoms with van der Waals surface area (Å²) in [5.74, 6) is -1.11. The van der Waals surface area contributed by atoms with Gasteiger partial charge in [0, 0.05) is 5.97 Å². The molecule has 0 fully saturated rings. The van der Waals surface area contributed by atoms with Crippen LogP contribution in [-0.4, -0.2) is 47.8 Å². The summed E-state index contributed by atoms with van der Waals surface area (Å²) < 4.78 is 1.46. The Morgan fingerprint density at radius 2 is 0.939 bits per heavy atom. The Kier molecular flexibility index (Phi) is 27.2. The third-order valence-electron chi connectivity index (χ3n) is 6.71. The first-order valence-electron chi connectivity index (χ1n) is 14.6. The lowest BCUT2D eigenvalue weighted by atomic mass is 10.1. The van der Waals surface area contributed by atoms with Gasteiger partial charge in [0.15, 0.2) is 0 Å². The summed E-state index contributed by atoms with van der Waals surface area (Å²) in [5.41, 5.74) is 0. The van der Waals surface area contributed by atoms with Crippen LogP contribution in [0.1, 0.15) is 150 Å². The van der Waals surface area contributed by atoms with Crippen molar-refractivity contribution in [2.45, 2.75) is 156 Å². The Labute approximate surface area is 208 Å². The van der Waals surface area contributed by atoms with Crippen LogP contribution in [0.3, 0.4) is 0 Å². The molecular weight excluding hydrogens is 410 g/mol. The zero-order valence-electron chi connectivity index (χ0n) is 23.3. The molecule has 4 heteroatoms. The minimum absolute atomic E-state index is 0.0579. The lowest BCUT2D eigenvalue weighted by Gasteiger charge is -2.39. The second-order valence-electron chi connectivity index (χ2n) is 10.2. The second-order valence-corrected chi connectivity index (χ2v) is 10.2. The van der Waals surface area contributed by atoms with Gasteiger partial charge >= 0.3 is 0 Å². The van der Waals surface area contributed by atoms with E-state index in [0.29, 0.717) is 0 Å². The van der Waals surface area contributed by atoms with E-state index >= 15 is 0 Å².